The molecule has 3 aliphatic rings. The summed E-state index contributed by atoms with van der Waals surface area (Å²) in [6, 6.07) is 9.55. The highest BCUT2D eigenvalue weighted by molar-refractivity contribution is 5.79. The molecule has 1 aliphatic heterocycles. The summed E-state index contributed by atoms with van der Waals surface area (Å²) in [7, 11) is 0. The second-order valence-electron chi connectivity index (χ2n) is 6.79. The number of hydrazine groups is 2. The van der Waals surface area contributed by atoms with Gasteiger partial charge in [-0.25, -0.2) is 10.9 Å². The van der Waals surface area contributed by atoms with Crippen LogP contribution in [0, 0.1) is 5.92 Å². The molecule has 118 valence electrons. The maximum absolute atomic E-state index is 12.7. The van der Waals surface area contributed by atoms with Crippen molar-refractivity contribution in [2.75, 3.05) is 0 Å². The summed E-state index contributed by atoms with van der Waals surface area (Å²) in [5, 5.41) is 3.32. The molecule has 1 saturated heterocycles. The molecular formula is C17H24N4O. The molecular weight excluding hydrogens is 276 g/mol. The third-order valence-corrected chi connectivity index (χ3v) is 5.42. The van der Waals surface area contributed by atoms with E-state index in [2.05, 4.69) is 46.0 Å². The van der Waals surface area contributed by atoms with E-state index in [9.17, 15) is 4.79 Å². The molecule has 0 spiro atoms. The zero-order chi connectivity index (χ0) is 14.9. The minimum Gasteiger partial charge on any atom is -0.349 e. The van der Waals surface area contributed by atoms with Gasteiger partial charge in [-0.3, -0.25) is 4.79 Å². The summed E-state index contributed by atoms with van der Waals surface area (Å²) >= 11 is 0. The molecule has 5 heteroatoms. The van der Waals surface area contributed by atoms with Crippen molar-refractivity contribution >= 4 is 5.91 Å². The number of amides is 1. The Labute approximate surface area is 131 Å². The van der Waals surface area contributed by atoms with E-state index in [-0.39, 0.29) is 17.9 Å². The third-order valence-electron chi connectivity index (χ3n) is 5.42. The van der Waals surface area contributed by atoms with Gasteiger partial charge in [0.1, 0.15) is 0 Å². The molecule has 4 unspecified atom stereocenters. The van der Waals surface area contributed by atoms with E-state index < -0.39 is 0 Å². The molecule has 2 fully saturated rings. The lowest BCUT2D eigenvalue weighted by Gasteiger charge is -2.32. The number of nitrogens with one attached hydrogen (secondary N) is 4. The number of benzene rings is 1. The maximum atomic E-state index is 12.7. The Kier molecular flexibility index (Phi) is 3.86. The van der Waals surface area contributed by atoms with Crippen molar-refractivity contribution < 1.29 is 4.79 Å². The van der Waals surface area contributed by atoms with Gasteiger partial charge in [0.05, 0.1) is 6.04 Å². The quantitative estimate of drug-likeness (QED) is 0.665. The molecule has 0 radical (unpaired) electrons. The number of hydrogen-bond acceptors (Lipinski definition) is 4. The van der Waals surface area contributed by atoms with Crippen LogP contribution in [0.3, 0.4) is 0 Å². The normalized spacial score (nSPS) is 33.8. The number of carbonyl (C=O) groups excluding carboxylic acids is 1. The lowest BCUT2D eigenvalue weighted by atomic mass is 9.82. The Hall–Kier alpha value is -1.43. The van der Waals surface area contributed by atoms with Gasteiger partial charge in [-0.2, -0.15) is 5.53 Å². The predicted octanol–water partition coefficient (Wildman–Crippen LogP) is 1.33. The molecule has 4 atom stereocenters. The summed E-state index contributed by atoms with van der Waals surface area (Å²) < 4.78 is 0. The van der Waals surface area contributed by atoms with Gasteiger partial charge in [-0.15, -0.1) is 0 Å². The fourth-order valence-electron chi connectivity index (χ4n) is 4.16. The van der Waals surface area contributed by atoms with Crippen LogP contribution in [-0.4, -0.2) is 18.0 Å². The molecule has 4 rings (SSSR count). The van der Waals surface area contributed by atoms with E-state index in [4.69, 9.17) is 0 Å². The summed E-state index contributed by atoms with van der Waals surface area (Å²) in [6.07, 6.45) is 6.28. The highest BCUT2D eigenvalue weighted by Crippen LogP contribution is 2.31. The second kappa shape index (κ2) is 5.99. The highest BCUT2D eigenvalue weighted by Gasteiger charge is 2.37. The lowest BCUT2D eigenvalue weighted by Crippen LogP contribution is -2.45. The molecule has 0 aromatic heterocycles. The SMILES string of the molecule is O=C(NC1CCCc2ccccc21)C1CCC2NNNC2C1. The predicted molar refractivity (Wildman–Crippen MR) is 84.6 cm³/mol. The minimum absolute atomic E-state index is 0.129. The number of fused-ring (bicyclic) bond motifs is 2. The smallest absolute Gasteiger partial charge is 0.223 e. The minimum atomic E-state index is 0.129. The van der Waals surface area contributed by atoms with Crippen LogP contribution >= 0.6 is 0 Å². The number of hydrogen-bond donors (Lipinski definition) is 4. The Balaban J connectivity index is 1.42. The fourth-order valence-corrected chi connectivity index (χ4v) is 4.16. The van der Waals surface area contributed by atoms with Crippen molar-refractivity contribution in [3.05, 3.63) is 35.4 Å². The van der Waals surface area contributed by atoms with Crippen LogP contribution < -0.4 is 21.7 Å². The topological polar surface area (TPSA) is 65.2 Å². The third kappa shape index (κ3) is 2.64. The van der Waals surface area contributed by atoms with E-state index in [1.807, 2.05) is 0 Å². The van der Waals surface area contributed by atoms with Crippen LogP contribution in [0.1, 0.15) is 49.3 Å². The zero-order valence-corrected chi connectivity index (χ0v) is 12.8. The number of aryl methyl sites for hydroxylation is 1. The van der Waals surface area contributed by atoms with Crippen molar-refractivity contribution in [3.8, 4) is 0 Å². The Bertz CT molecular complexity index is 561. The van der Waals surface area contributed by atoms with Gasteiger partial charge in [0, 0.05) is 18.0 Å². The summed E-state index contributed by atoms with van der Waals surface area (Å²) in [6.45, 7) is 0. The Morgan fingerprint density at radius 1 is 1.09 bits per heavy atom. The van der Waals surface area contributed by atoms with Gasteiger partial charge < -0.3 is 5.32 Å². The summed E-state index contributed by atoms with van der Waals surface area (Å²) in [5.41, 5.74) is 12.1. The van der Waals surface area contributed by atoms with E-state index in [0.29, 0.717) is 12.1 Å². The van der Waals surface area contributed by atoms with E-state index in [1.54, 1.807) is 0 Å². The molecule has 22 heavy (non-hydrogen) atoms. The van der Waals surface area contributed by atoms with Gasteiger partial charge in [0.2, 0.25) is 5.91 Å². The molecule has 1 amide bonds. The first-order valence-corrected chi connectivity index (χ1v) is 8.45. The monoisotopic (exact) mass is 300 g/mol. The average molecular weight is 300 g/mol. The molecule has 1 heterocycles. The first-order chi connectivity index (χ1) is 10.8. The Morgan fingerprint density at radius 3 is 2.91 bits per heavy atom. The molecule has 5 nitrogen and oxygen atoms in total. The van der Waals surface area contributed by atoms with Crippen LogP contribution in [0.25, 0.3) is 0 Å². The number of carbonyl (C=O) groups is 1. The van der Waals surface area contributed by atoms with Gasteiger partial charge in [-0.1, -0.05) is 24.3 Å². The van der Waals surface area contributed by atoms with E-state index >= 15 is 0 Å². The Morgan fingerprint density at radius 2 is 1.95 bits per heavy atom. The standard InChI is InChI=1S/C17H24N4O/c22-17(12-8-9-15-16(10-12)20-21-19-15)18-14-7-3-5-11-4-1-2-6-13(11)14/h1-2,4,6,12,14-16,19-21H,3,5,7-10H2,(H,18,22). The van der Waals surface area contributed by atoms with Crippen molar-refractivity contribution in [2.45, 2.75) is 56.7 Å². The second-order valence-corrected chi connectivity index (χ2v) is 6.79. The van der Waals surface area contributed by atoms with Crippen molar-refractivity contribution in [3.63, 3.8) is 0 Å². The van der Waals surface area contributed by atoms with Gasteiger partial charge >= 0.3 is 0 Å². The zero-order valence-electron chi connectivity index (χ0n) is 12.8. The van der Waals surface area contributed by atoms with Crippen LogP contribution in [0.2, 0.25) is 0 Å². The van der Waals surface area contributed by atoms with Gasteiger partial charge in [-0.05, 0) is 49.7 Å². The van der Waals surface area contributed by atoms with Crippen molar-refractivity contribution in [2.24, 2.45) is 5.92 Å². The molecule has 1 aromatic rings. The van der Waals surface area contributed by atoms with Crippen molar-refractivity contribution in [1.29, 1.82) is 0 Å². The average Bonchev–Trinajstić information content (AvgIpc) is 3.02. The summed E-state index contributed by atoms with van der Waals surface area (Å²) in [5.74, 6) is 0.360. The molecule has 0 bridgehead atoms. The highest BCUT2D eigenvalue weighted by atomic mass is 16.2. The fraction of sp³-hybridized carbons (Fsp3) is 0.588. The van der Waals surface area contributed by atoms with E-state index in [1.165, 1.54) is 11.1 Å². The van der Waals surface area contributed by atoms with Crippen LogP contribution in [0.5, 0.6) is 0 Å². The van der Waals surface area contributed by atoms with Crippen LogP contribution in [0.15, 0.2) is 24.3 Å². The lowest BCUT2D eigenvalue weighted by molar-refractivity contribution is -0.127. The first-order valence-electron chi connectivity index (χ1n) is 8.45. The largest absolute Gasteiger partial charge is 0.349 e. The van der Waals surface area contributed by atoms with Gasteiger partial charge in [0.15, 0.2) is 0 Å². The van der Waals surface area contributed by atoms with Crippen LogP contribution in [-0.2, 0) is 11.2 Å². The van der Waals surface area contributed by atoms with Gasteiger partial charge in [0.25, 0.3) is 0 Å². The first kappa shape index (κ1) is 14.2. The maximum Gasteiger partial charge on any atom is 0.223 e. The van der Waals surface area contributed by atoms with E-state index in [0.717, 1.165) is 38.5 Å². The van der Waals surface area contributed by atoms with Crippen molar-refractivity contribution in [1.82, 2.24) is 21.7 Å². The summed E-state index contributed by atoms with van der Waals surface area (Å²) in [4.78, 5) is 12.7. The molecule has 1 saturated carbocycles. The number of rotatable bonds is 2. The molecule has 2 aliphatic carbocycles. The van der Waals surface area contributed by atoms with Crippen LogP contribution in [0.4, 0.5) is 0 Å². The molecule has 1 aromatic carbocycles. The molecule has 4 N–H and O–H groups in total.